The van der Waals surface area contributed by atoms with Crippen LogP contribution in [0, 0.1) is 0 Å². The molecular formula is C18H22O4S2. The molecule has 0 aromatic carbocycles. The summed E-state index contributed by atoms with van der Waals surface area (Å²) in [5.74, 6) is -0.317. The van der Waals surface area contributed by atoms with E-state index in [0.29, 0.717) is 23.0 Å². The average Bonchev–Trinajstić information content (AvgIpc) is 3.23. The van der Waals surface area contributed by atoms with Gasteiger partial charge in [-0.1, -0.05) is 25.7 Å². The van der Waals surface area contributed by atoms with Crippen LogP contribution < -0.4 is 9.47 Å². The molecule has 0 amide bonds. The highest BCUT2D eigenvalue weighted by molar-refractivity contribution is 7.12. The lowest BCUT2D eigenvalue weighted by atomic mass is 10.1. The van der Waals surface area contributed by atoms with Crippen LogP contribution in [0.15, 0.2) is 35.0 Å². The van der Waals surface area contributed by atoms with Gasteiger partial charge in [-0.2, -0.15) is 0 Å². The zero-order valence-electron chi connectivity index (χ0n) is 13.6. The summed E-state index contributed by atoms with van der Waals surface area (Å²) in [5.41, 5.74) is 0. The van der Waals surface area contributed by atoms with Gasteiger partial charge in [-0.25, -0.2) is 0 Å². The standard InChI is InChI=1S/C18H22O4S2/c19-15(21-17-11-7-13-23-17)9-5-3-1-2-4-6-10-16(20)22-18-12-8-14-24-18/h7-8,11-14H,1-6,9-10H2. The van der Waals surface area contributed by atoms with E-state index in [4.69, 9.17) is 9.47 Å². The molecule has 0 aliphatic carbocycles. The summed E-state index contributed by atoms with van der Waals surface area (Å²) in [6, 6.07) is 7.32. The molecule has 2 aromatic rings. The highest BCUT2D eigenvalue weighted by Gasteiger charge is 2.06. The third-order valence-electron chi connectivity index (χ3n) is 3.43. The van der Waals surface area contributed by atoms with Gasteiger partial charge in [0.05, 0.1) is 0 Å². The second-order valence-electron chi connectivity index (χ2n) is 5.43. The fourth-order valence-corrected chi connectivity index (χ4v) is 3.39. The van der Waals surface area contributed by atoms with Gasteiger partial charge in [0.1, 0.15) is 0 Å². The van der Waals surface area contributed by atoms with Crippen LogP contribution in [-0.4, -0.2) is 11.9 Å². The summed E-state index contributed by atoms with van der Waals surface area (Å²) in [6.07, 6.45) is 6.81. The van der Waals surface area contributed by atoms with Gasteiger partial charge < -0.3 is 9.47 Å². The number of carbonyl (C=O) groups is 2. The molecule has 0 atom stereocenters. The molecular weight excluding hydrogens is 344 g/mol. The predicted molar refractivity (Wildman–Crippen MR) is 96.8 cm³/mol. The van der Waals surface area contributed by atoms with Crippen LogP contribution in [0.1, 0.15) is 51.4 Å². The third kappa shape index (κ3) is 7.75. The highest BCUT2D eigenvalue weighted by atomic mass is 32.1. The number of esters is 2. The first-order chi connectivity index (χ1) is 11.7. The smallest absolute Gasteiger partial charge is 0.311 e. The quantitative estimate of drug-likeness (QED) is 0.392. The van der Waals surface area contributed by atoms with Crippen molar-refractivity contribution < 1.29 is 19.1 Å². The Balaban J connectivity index is 1.40. The molecule has 0 radical (unpaired) electrons. The molecule has 0 spiro atoms. The lowest BCUT2D eigenvalue weighted by Crippen LogP contribution is -2.06. The lowest BCUT2D eigenvalue weighted by molar-refractivity contribution is -0.135. The number of hydrogen-bond donors (Lipinski definition) is 0. The maximum atomic E-state index is 11.6. The first kappa shape index (κ1) is 18.7. The van der Waals surface area contributed by atoms with E-state index in [0.717, 1.165) is 38.5 Å². The normalized spacial score (nSPS) is 10.5. The highest BCUT2D eigenvalue weighted by Crippen LogP contribution is 2.20. The summed E-state index contributed by atoms with van der Waals surface area (Å²) in [5, 5.41) is 5.10. The van der Waals surface area contributed by atoms with Gasteiger partial charge in [0.25, 0.3) is 0 Å². The topological polar surface area (TPSA) is 52.6 Å². The van der Waals surface area contributed by atoms with Crippen molar-refractivity contribution >= 4 is 34.6 Å². The van der Waals surface area contributed by atoms with Crippen LogP contribution >= 0.6 is 22.7 Å². The Morgan fingerprint density at radius 3 is 1.50 bits per heavy atom. The first-order valence-corrected chi connectivity index (χ1v) is 9.98. The van der Waals surface area contributed by atoms with E-state index in [2.05, 4.69) is 0 Å². The maximum absolute atomic E-state index is 11.6. The molecule has 130 valence electrons. The summed E-state index contributed by atoms with van der Waals surface area (Å²) >= 11 is 2.85. The molecule has 0 saturated carbocycles. The largest absolute Gasteiger partial charge is 0.415 e. The molecule has 2 aromatic heterocycles. The fourth-order valence-electron chi connectivity index (χ4n) is 2.22. The van der Waals surface area contributed by atoms with Crippen LogP contribution in [0.3, 0.4) is 0 Å². The van der Waals surface area contributed by atoms with Crippen molar-refractivity contribution in [3.8, 4) is 10.1 Å². The molecule has 4 nitrogen and oxygen atoms in total. The van der Waals surface area contributed by atoms with Crippen LogP contribution in [0.4, 0.5) is 0 Å². The van der Waals surface area contributed by atoms with Gasteiger partial charge in [-0.15, -0.1) is 22.7 Å². The molecule has 2 heterocycles. The first-order valence-electron chi connectivity index (χ1n) is 8.22. The van der Waals surface area contributed by atoms with Gasteiger partial charge in [0, 0.05) is 12.8 Å². The number of rotatable bonds is 11. The molecule has 0 saturated heterocycles. The van der Waals surface area contributed by atoms with Gasteiger partial charge >= 0.3 is 11.9 Å². The number of ether oxygens (including phenoxy) is 2. The third-order valence-corrected chi connectivity index (χ3v) is 4.92. The summed E-state index contributed by atoms with van der Waals surface area (Å²) in [4.78, 5) is 23.2. The van der Waals surface area contributed by atoms with Crippen molar-refractivity contribution in [1.82, 2.24) is 0 Å². The molecule has 0 aliphatic rings. The molecule has 0 aliphatic heterocycles. The molecule has 0 fully saturated rings. The summed E-state index contributed by atoms with van der Waals surface area (Å²) < 4.78 is 10.4. The van der Waals surface area contributed by atoms with Gasteiger partial charge in [-0.05, 0) is 47.9 Å². The number of unbranched alkanes of at least 4 members (excludes halogenated alkanes) is 5. The van der Waals surface area contributed by atoms with Crippen LogP contribution in [-0.2, 0) is 9.59 Å². The SMILES string of the molecule is O=C(CCCCCCCCC(=O)Oc1cccs1)Oc1cccs1. The lowest BCUT2D eigenvalue weighted by Gasteiger charge is -2.03. The Kier molecular flexibility index (Phi) is 8.55. The Bertz CT molecular complexity index is 536. The van der Waals surface area contributed by atoms with Gasteiger partial charge in [-0.3, -0.25) is 9.59 Å². The second-order valence-corrected chi connectivity index (χ2v) is 7.25. The number of hydrogen-bond acceptors (Lipinski definition) is 6. The van der Waals surface area contributed by atoms with E-state index in [1.54, 1.807) is 12.1 Å². The maximum Gasteiger partial charge on any atom is 0.311 e. The average molecular weight is 367 g/mol. The van der Waals surface area contributed by atoms with E-state index in [-0.39, 0.29) is 11.9 Å². The molecule has 0 unspecified atom stereocenters. The second kappa shape index (κ2) is 11.0. The monoisotopic (exact) mass is 366 g/mol. The molecule has 0 N–H and O–H groups in total. The number of thiophene rings is 2. The minimum atomic E-state index is -0.159. The Morgan fingerprint density at radius 1 is 0.708 bits per heavy atom. The van der Waals surface area contributed by atoms with Crippen LogP contribution in [0.25, 0.3) is 0 Å². The zero-order valence-corrected chi connectivity index (χ0v) is 15.2. The van der Waals surface area contributed by atoms with E-state index < -0.39 is 0 Å². The molecule has 2 rings (SSSR count). The zero-order chi connectivity index (χ0) is 17.0. The minimum Gasteiger partial charge on any atom is -0.415 e. The molecule has 24 heavy (non-hydrogen) atoms. The Hall–Kier alpha value is -1.66. The van der Waals surface area contributed by atoms with E-state index >= 15 is 0 Å². The molecule has 6 heteroatoms. The summed E-state index contributed by atoms with van der Waals surface area (Å²) in [6.45, 7) is 0. The van der Waals surface area contributed by atoms with Crippen molar-refractivity contribution in [1.29, 1.82) is 0 Å². The fraction of sp³-hybridized carbons (Fsp3) is 0.444. The van der Waals surface area contributed by atoms with Crippen molar-refractivity contribution in [3.05, 3.63) is 35.0 Å². The van der Waals surface area contributed by atoms with E-state index in [1.165, 1.54) is 22.7 Å². The van der Waals surface area contributed by atoms with Crippen molar-refractivity contribution in [2.24, 2.45) is 0 Å². The van der Waals surface area contributed by atoms with E-state index in [1.807, 2.05) is 22.9 Å². The van der Waals surface area contributed by atoms with Gasteiger partial charge in [0.2, 0.25) is 0 Å². The van der Waals surface area contributed by atoms with Crippen LogP contribution in [0.2, 0.25) is 0 Å². The van der Waals surface area contributed by atoms with Crippen molar-refractivity contribution in [3.63, 3.8) is 0 Å². The van der Waals surface area contributed by atoms with Crippen molar-refractivity contribution in [2.45, 2.75) is 51.4 Å². The van der Waals surface area contributed by atoms with Crippen molar-refractivity contribution in [2.75, 3.05) is 0 Å². The Labute approximate surface area is 150 Å². The van der Waals surface area contributed by atoms with Gasteiger partial charge in [0.15, 0.2) is 10.1 Å². The van der Waals surface area contributed by atoms with E-state index in [9.17, 15) is 9.59 Å². The summed E-state index contributed by atoms with van der Waals surface area (Å²) in [7, 11) is 0. The Morgan fingerprint density at radius 2 is 1.12 bits per heavy atom. The minimum absolute atomic E-state index is 0.159. The molecule has 0 bridgehead atoms. The number of carbonyl (C=O) groups excluding carboxylic acids is 2. The van der Waals surface area contributed by atoms with Crippen LogP contribution in [0.5, 0.6) is 10.1 Å². The predicted octanol–water partition coefficient (Wildman–Crippen LogP) is 5.44.